The highest BCUT2D eigenvalue weighted by atomic mass is 79.9. The number of ether oxygens (including phenoxy) is 1. The minimum Gasteiger partial charge on any atom is -0.495 e. The monoisotopic (exact) mass is 458 g/mol. The van der Waals surface area contributed by atoms with E-state index in [-0.39, 0.29) is 5.57 Å². The molecule has 128 valence electrons. The first-order valence-electron chi connectivity index (χ1n) is 6.77. The number of hydrogen-bond donors (Lipinski definition) is 1. The Balaban J connectivity index is 2.36. The fraction of sp³-hybridized carbons (Fsp3) is 0.0588. The minimum absolute atomic E-state index is 0.126. The number of nitrogens with zero attached hydrogens (tertiary/aromatic N) is 1. The zero-order valence-electron chi connectivity index (χ0n) is 12.7. The molecule has 0 fully saturated rings. The van der Waals surface area contributed by atoms with Crippen LogP contribution < -0.4 is 10.1 Å². The lowest BCUT2D eigenvalue weighted by molar-refractivity contribution is -0.112. The van der Waals surface area contributed by atoms with E-state index in [1.807, 2.05) is 6.07 Å². The van der Waals surface area contributed by atoms with Crippen molar-refractivity contribution in [1.29, 1.82) is 5.26 Å². The molecule has 4 nitrogen and oxygen atoms in total. The molecule has 0 bridgehead atoms. The first kappa shape index (κ1) is 19.6. The van der Waals surface area contributed by atoms with Crippen LogP contribution in [0.1, 0.15) is 5.56 Å². The maximum absolute atomic E-state index is 12.4. The van der Waals surface area contributed by atoms with Crippen LogP contribution in [0.2, 0.25) is 15.1 Å². The van der Waals surface area contributed by atoms with E-state index < -0.39 is 5.91 Å². The van der Waals surface area contributed by atoms with Crippen LogP contribution in [0.15, 0.2) is 40.4 Å². The van der Waals surface area contributed by atoms with Crippen molar-refractivity contribution in [2.75, 3.05) is 12.4 Å². The molecule has 2 aromatic rings. The van der Waals surface area contributed by atoms with Gasteiger partial charge in [0.05, 0.1) is 22.2 Å². The van der Waals surface area contributed by atoms with Crippen molar-refractivity contribution in [1.82, 2.24) is 0 Å². The summed E-state index contributed by atoms with van der Waals surface area (Å²) in [6, 6.07) is 9.83. The van der Waals surface area contributed by atoms with Crippen molar-refractivity contribution >= 4 is 68.4 Å². The lowest BCUT2D eigenvalue weighted by atomic mass is 10.1. The highest BCUT2D eigenvalue weighted by Crippen LogP contribution is 2.34. The van der Waals surface area contributed by atoms with Crippen molar-refractivity contribution in [3.8, 4) is 11.8 Å². The summed E-state index contributed by atoms with van der Waals surface area (Å²) >= 11 is 21.2. The highest BCUT2D eigenvalue weighted by Gasteiger charge is 2.14. The fourth-order valence-corrected chi connectivity index (χ4v) is 3.19. The van der Waals surface area contributed by atoms with Gasteiger partial charge in [0.1, 0.15) is 17.4 Å². The van der Waals surface area contributed by atoms with E-state index in [2.05, 4.69) is 21.2 Å². The summed E-state index contributed by atoms with van der Waals surface area (Å²) in [6.45, 7) is 0. The molecule has 2 rings (SSSR count). The molecule has 0 saturated carbocycles. The Bertz CT molecular complexity index is 907. The van der Waals surface area contributed by atoms with Crippen LogP contribution in [0.3, 0.4) is 0 Å². The van der Waals surface area contributed by atoms with Crippen LogP contribution in [0.5, 0.6) is 5.75 Å². The van der Waals surface area contributed by atoms with Gasteiger partial charge in [-0.2, -0.15) is 5.26 Å². The largest absolute Gasteiger partial charge is 0.495 e. The number of anilines is 1. The van der Waals surface area contributed by atoms with Crippen molar-refractivity contribution in [2.24, 2.45) is 0 Å². The third-order valence-electron chi connectivity index (χ3n) is 3.08. The quantitative estimate of drug-likeness (QED) is 0.452. The number of carbonyl (C=O) groups excluding carboxylic acids is 1. The number of rotatable bonds is 4. The molecule has 0 aromatic heterocycles. The molecular formula is C17H10BrCl3N2O2. The van der Waals surface area contributed by atoms with Crippen molar-refractivity contribution < 1.29 is 9.53 Å². The molecule has 0 atom stereocenters. The molecule has 8 heteroatoms. The number of nitrogens with one attached hydrogen (secondary N) is 1. The Kier molecular flexibility index (Phi) is 6.74. The molecular weight excluding hydrogens is 450 g/mol. The van der Waals surface area contributed by atoms with Gasteiger partial charge in [-0.25, -0.2) is 0 Å². The summed E-state index contributed by atoms with van der Waals surface area (Å²) in [7, 11) is 1.45. The number of benzene rings is 2. The van der Waals surface area contributed by atoms with Gasteiger partial charge in [-0.15, -0.1) is 0 Å². The van der Waals surface area contributed by atoms with Gasteiger partial charge in [0.15, 0.2) is 0 Å². The molecule has 0 aliphatic carbocycles. The average molecular weight is 461 g/mol. The number of amides is 1. The highest BCUT2D eigenvalue weighted by molar-refractivity contribution is 9.10. The Labute approximate surface area is 168 Å². The van der Waals surface area contributed by atoms with Crippen molar-refractivity contribution in [3.05, 3.63) is 61.0 Å². The molecule has 0 unspecified atom stereocenters. The summed E-state index contributed by atoms with van der Waals surface area (Å²) in [5, 5.41) is 12.9. The Hall–Kier alpha value is -1.71. The topological polar surface area (TPSA) is 62.1 Å². The van der Waals surface area contributed by atoms with Crippen LogP contribution in [-0.2, 0) is 4.79 Å². The van der Waals surface area contributed by atoms with E-state index in [1.165, 1.54) is 19.3 Å². The summed E-state index contributed by atoms with van der Waals surface area (Å²) in [5.74, 6) is -0.237. The summed E-state index contributed by atoms with van der Waals surface area (Å²) < 4.78 is 5.92. The van der Waals surface area contributed by atoms with Gasteiger partial charge < -0.3 is 10.1 Å². The van der Waals surface area contributed by atoms with Crippen LogP contribution in [0.4, 0.5) is 5.69 Å². The molecule has 0 heterocycles. The lowest BCUT2D eigenvalue weighted by Gasteiger charge is -2.09. The smallest absolute Gasteiger partial charge is 0.266 e. The molecule has 0 aliphatic rings. The normalized spacial score (nSPS) is 11.0. The maximum Gasteiger partial charge on any atom is 0.266 e. The number of halogens is 4. The van der Waals surface area contributed by atoms with E-state index >= 15 is 0 Å². The molecule has 1 N–H and O–H groups in total. The lowest BCUT2D eigenvalue weighted by Crippen LogP contribution is -2.13. The van der Waals surface area contributed by atoms with Crippen LogP contribution in [-0.4, -0.2) is 13.0 Å². The fourth-order valence-electron chi connectivity index (χ4n) is 1.98. The zero-order valence-corrected chi connectivity index (χ0v) is 16.6. The van der Waals surface area contributed by atoms with Crippen molar-refractivity contribution in [2.45, 2.75) is 0 Å². The van der Waals surface area contributed by atoms with Gasteiger partial charge in [0.25, 0.3) is 5.91 Å². The predicted molar refractivity (Wildman–Crippen MR) is 104 cm³/mol. The second kappa shape index (κ2) is 8.59. The SMILES string of the molecule is COc1c(Cl)cc(Br)cc1/C=C(\C#N)C(=O)Nc1ccc(Cl)c(Cl)c1. The van der Waals surface area contributed by atoms with Gasteiger partial charge in [0, 0.05) is 15.7 Å². The van der Waals surface area contributed by atoms with Gasteiger partial charge in [0.2, 0.25) is 0 Å². The van der Waals surface area contributed by atoms with E-state index in [4.69, 9.17) is 39.5 Å². The third kappa shape index (κ3) is 4.90. The van der Waals surface area contributed by atoms with Gasteiger partial charge in [-0.1, -0.05) is 50.7 Å². The molecule has 0 radical (unpaired) electrons. The molecule has 2 aromatic carbocycles. The number of carbonyl (C=O) groups is 1. The first-order chi connectivity index (χ1) is 11.8. The van der Waals surface area contributed by atoms with Gasteiger partial charge in [-0.3, -0.25) is 4.79 Å². The summed E-state index contributed by atoms with van der Waals surface area (Å²) in [6.07, 6.45) is 1.39. The standard InChI is InChI=1S/C17H10BrCl3N2O2/c1-25-16-9(5-11(18)6-15(16)21)4-10(8-22)17(24)23-12-2-3-13(19)14(20)7-12/h2-7H,1H3,(H,23,24)/b10-4+. The molecule has 0 saturated heterocycles. The van der Waals surface area contributed by atoms with Gasteiger partial charge in [-0.05, 0) is 36.4 Å². The predicted octanol–water partition coefficient (Wildman–Crippen LogP) is 5.96. The van der Waals surface area contributed by atoms with Crippen LogP contribution >= 0.6 is 50.7 Å². The maximum atomic E-state index is 12.4. The Morgan fingerprint density at radius 3 is 2.52 bits per heavy atom. The van der Waals surface area contributed by atoms with Crippen LogP contribution in [0.25, 0.3) is 6.08 Å². The second-order valence-electron chi connectivity index (χ2n) is 4.76. The first-order valence-corrected chi connectivity index (χ1v) is 8.69. The number of hydrogen-bond acceptors (Lipinski definition) is 3. The Morgan fingerprint density at radius 1 is 1.20 bits per heavy atom. The molecule has 1 amide bonds. The summed E-state index contributed by atoms with van der Waals surface area (Å²) in [5.41, 5.74) is 0.779. The minimum atomic E-state index is -0.598. The van der Waals surface area contributed by atoms with Crippen molar-refractivity contribution in [3.63, 3.8) is 0 Å². The van der Waals surface area contributed by atoms with Gasteiger partial charge >= 0.3 is 0 Å². The Morgan fingerprint density at radius 2 is 1.92 bits per heavy atom. The average Bonchev–Trinajstić information content (AvgIpc) is 2.55. The molecule has 0 spiro atoms. The molecule has 25 heavy (non-hydrogen) atoms. The number of methoxy groups -OCH3 is 1. The zero-order chi connectivity index (χ0) is 18.6. The van der Waals surface area contributed by atoms with E-state index in [1.54, 1.807) is 24.3 Å². The summed E-state index contributed by atoms with van der Waals surface area (Å²) in [4.78, 5) is 12.4. The second-order valence-corrected chi connectivity index (χ2v) is 6.90. The van der Waals surface area contributed by atoms with E-state index in [0.717, 1.165) is 0 Å². The third-order valence-corrected chi connectivity index (χ3v) is 4.56. The van der Waals surface area contributed by atoms with Crippen LogP contribution in [0, 0.1) is 11.3 Å². The van der Waals surface area contributed by atoms with E-state index in [9.17, 15) is 10.1 Å². The number of nitriles is 1. The van der Waals surface area contributed by atoms with E-state index in [0.29, 0.717) is 36.5 Å². The molecule has 0 aliphatic heterocycles.